The van der Waals surface area contributed by atoms with E-state index in [1.54, 1.807) is 36.1 Å². The molecule has 0 aliphatic carbocycles. The molecule has 2 amide bonds. The first-order valence-corrected chi connectivity index (χ1v) is 11.1. The summed E-state index contributed by atoms with van der Waals surface area (Å²) in [6.45, 7) is 2.92. The van der Waals surface area contributed by atoms with Crippen LogP contribution in [0.25, 0.3) is 0 Å². The summed E-state index contributed by atoms with van der Waals surface area (Å²) in [4.78, 5) is 39.2. The summed E-state index contributed by atoms with van der Waals surface area (Å²) in [5, 5.41) is 4.12. The van der Waals surface area contributed by atoms with Crippen molar-refractivity contribution in [2.75, 3.05) is 18.6 Å². The van der Waals surface area contributed by atoms with E-state index in [2.05, 4.69) is 5.10 Å². The Labute approximate surface area is 192 Å². The van der Waals surface area contributed by atoms with E-state index in [-0.39, 0.29) is 24.3 Å². The summed E-state index contributed by atoms with van der Waals surface area (Å²) in [6, 6.07) is 7.43. The number of hydrogen-bond acceptors (Lipinski definition) is 6. The maximum Gasteiger partial charge on any atom is 0.257 e. The van der Waals surface area contributed by atoms with E-state index >= 15 is 0 Å². The average Bonchev–Trinajstić information content (AvgIpc) is 3.54. The molecule has 1 aromatic carbocycles. The summed E-state index contributed by atoms with van der Waals surface area (Å²) >= 11 is 0. The normalized spacial score (nSPS) is 17.5. The number of rotatable bonds is 5. The molecule has 9 nitrogen and oxygen atoms in total. The molecule has 2 aromatic heterocycles. The highest BCUT2D eigenvalue weighted by Gasteiger charge is 2.37. The number of hydrogen-bond donors (Lipinski definition) is 0. The van der Waals surface area contributed by atoms with Crippen LogP contribution < -0.4 is 9.64 Å². The van der Waals surface area contributed by atoms with E-state index in [0.717, 1.165) is 35.4 Å². The second-order valence-corrected chi connectivity index (χ2v) is 8.50. The Bertz CT molecular complexity index is 1240. The predicted molar refractivity (Wildman–Crippen MR) is 121 cm³/mol. The van der Waals surface area contributed by atoms with Gasteiger partial charge in [0.15, 0.2) is 5.82 Å². The lowest BCUT2D eigenvalue weighted by molar-refractivity contribution is -0.117. The van der Waals surface area contributed by atoms with Gasteiger partial charge < -0.3 is 9.64 Å². The van der Waals surface area contributed by atoms with Crippen LogP contribution in [0.4, 0.5) is 5.82 Å². The van der Waals surface area contributed by atoms with E-state index in [1.807, 2.05) is 36.1 Å². The number of benzene rings is 1. The number of para-hydroxylation sites is 1. The molecule has 1 fully saturated rings. The van der Waals surface area contributed by atoms with Crippen molar-refractivity contribution in [1.82, 2.24) is 24.6 Å². The number of anilines is 1. The standard InChI is InChI=1S/C24H26N6O3/c1-15-18-11-21(31)30(14-16-7-4-5-9-20(16)33-3)23(18)27-22(26-15)19-8-6-10-29(19)24(32)17-12-25-28(2)13-17/h4-5,7,9,12-13,19H,6,8,10-11,14H2,1-3H3. The molecule has 3 aromatic rings. The quantitative estimate of drug-likeness (QED) is 0.598. The highest BCUT2D eigenvalue weighted by molar-refractivity contribution is 6.00. The number of aromatic nitrogens is 4. The van der Waals surface area contributed by atoms with Crippen LogP contribution in [0.2, 0.25) is 0 Å². The molecule has 0 spiro atoms. The first-order chi connectivity index (χ1) is 16.0. The molecule has 9 heteroatoms. The fourth-order valence-electron chi connectivity index (χ4n) is 4.69. The topological polar surface area (TPSA) is 93.5 Å². The first kappa shape index (κ1) is 21.1. The van der Waals surface area contributed by atoms with Gasteiger partial charge in [-0.25, -0.2) is 9.97 Å². The van der Waals surface area contributed by atoms with Gasteiger partial charge in [-0.2, -0.15) is 5.10 Å². The molecule has 170 valence electrons. The summed E-state index contributed by atoms with van der Waals surface area (Å²) in [7, 11) is 3.41. The Hall–Kier alpha value is -3.75. The molecule has 33 heavy (non-hydrogen) atoms. The van der Waals surface area contributed by atoms with Crippen LogP contribution in [0.5, 0.6) is 5.75 Å². The van der Waals surface area contributed by atoms with Crippen molar-refractivity contribution in [3.63, 3.8) is 0 Å². The van der Waals surface area contributed by atoms with Crippen molar-refractivity contribution >= 4 is 17.6 Å². The minimum atomic E-state index is -0.231. The van der Waals surface area contributed by atoms with Gasteiger partial charge in [0.05, 0.1) is 37.9 Å². The number of fused-ring (bicyclic) bond motifs is 1. The molecule has 0 bridgehead atoms. The van der Waals surface area contributed by atoms with Crippen LogP contribution in [-0.2, 0) is 24.8 Å². The minimum absolute atomic E-state index is 0.0137. The van der Waals surface area contributed by atoms with Crippen molar-refractivity contribution in [1.29, 1.82) is 0 Å². The third-order valence-corrected chi connectivity index (χ3v) is 6.38. The van der Waals surface area contributed by atoms with E-state index in [9.17, 15) is 9.59 Å². The maximum atomic E-state index is 13.1. The Morgan fingerprint density at radius 1 is 1.24 bits per heavy atom. The van der Waals surface area contributed by atoms with Crippen LogP contribution in [0, 0.1) is 6.92 Å². The fourth-order valence-corrected chi connectivity index (χ4v) is 4.69. The molecule has 5 rings (SSSR count). The fraction of sp³-hybridized carbons (Fsp3) is 0.375. The lowest BCUT2D eigenvalue weighted by atomic mass is 10.1. The third kappa shape index (κ3) is 3.73. The Balaban J connectivity index is 1.48. The number of ether oxygens (including phenoxy) is 1. The van der Waals surface area contributed by atoms with Crippen LogP contribution in [0.15, 0.2) is 36.7 Å². The van der Waals surface area contributed by atoms with Gasteiger partial charge in [0.1, 0.15) is 11.6 Å². The SMILES string of the molecule is COc1ccccc1CN1C(=O)Cc2c(C)nc(C3CCCN3C(=O)c3cnn(C)c3)nc21. The van der Waals surface area contributed by atoms with Crippen molar-refractivity contribution < 1.29 is 14.3 Å². The monoisotopic (exact) mass is 446 g/mol. The first-order valence-electron chi connectivity index (χ1n) is 11.1. The second kappa shape index (κ2) is 8.31. The van der Waals surface area contributed by atoms with Crippen LogP contribution in [0.1, 0.15) is 51.9 Å². The smallest absolute Gasteiger partial charge is 0.257 e. The molecule has 1 unspecified atom stereocenters. The molecular formula is C24H26N6O3. The molecular weight excluding hydrogens is 420 g/mol. The van der Waals surface area contributed by atoms with E-state index in [0.29, 0.717) is 30.3 Å². The van der Waals surface area contributed by atoms with E-state index < -0.39 is 0 Å². The Morgan fingerprint density at radius 2 is 2.06 bits per heavy atom. The van der Waals surface area contributed by atoms with E-state index in [1.165, 1.54) is 0 Å². The molecule has 2 aliphatic heterocycles. The summed E-state index contributed by atoms with van der Waals surface area (Å²) in [5.74, 6) is 1.86. The highest BCUT2D eigenvalue weighted by Crippen LogP contribution is 2.36. The summed E-state index contributed by atoms with van der Waals surface area (Å²) < 4.78 is 7.09. The third-order valence-electron chi connectivity index (χ3n) is 6.38. The van der Waals surface area contributed by atoms with Crippen LogP contribution in [-0.4, -0.2) is 50.1 Å². The molecule has 2 aliphatic rings. The zero-order chi connectivity index (χ0) is 23.1. The van der Waals surface area contributed by atoms with Crippen molar-refractivity contribution in [2.45, 2.75) is 38.8 Å². The lowest BCUT2D eigenvalue weighted by Crippen LogP contribution is -2.32. The van der Waals surface area contributed by atoms with Crippen LogP contribution >= 0.6 is 0 Å². The number of amides is 2. The highest BCUT2D eigenvalue weighted by atomic mass is 16.5. The second-order valence-electron chi connectivity index (χ2n) is 8.50. The summed E-state index contributed by atoms with van der Waals surface area (Å²) in [6.07, 6.45) is 5.24. The van der Waals surface area contributed by atoms with Gasteiger partial charge in [0, 0.05) is 36.6 Å². The van der Waals surface area contributed by atoms with Gasteiger partial charge in [0.2, 0.25) is 5.91 Å². The molecule has 0 N–H and O–H groups in total. The number of carbonyl (C=O) groups excluding carboxylic acids is 2. The average molecular weight is 447 g/mol. The number of nitrogens with zero attached hydrogens (tertiary/aromatic N) is 6. The van der Waals surface area contributed by atoms with Gasteiger partial charge in [-0.15, -0.1) is 0 Å². The van der Waals surface area contributed by atoms with E-state index in [4.69, 9.17) is 14.7 Å². The van der Waals surface area contributed by atoms with Gasteiger partial charge >= 0.3 is 0 Å². The summed E-state index contributed by atoms with van der Waals surface area (Å²) in [5.41, 5.74) is 3.09. The van der Waals surface area contributed by atoms with Gasteiger partial charge in [-0.3, -0.25) is 19.2 Å². The minimum Gasteiger partial charge on any atom is -0.496 e. The zero-order valence-electron chi connectivity index (χ0n) is 19.0. The molecule has 4 heterocycles. The Kier molecular flexibility index (Phi) is 5.32. The van der Waals surface area contributed by atoms with Crippen LogP contribution in [0.3, 0.4) is 0 Å². The van der Waals surface area contributed by atoms with Gasteiger partial charge in [-0.1, -0.05) is 18.2 Å². The van der Waals surface area contributed by atoms with Gasteiger partial charge in [0.25, 0.3) is 5.91 Å². The Morgan fingerprint density at radius 3 is 2.82 bits per heavy atom. The maximum absolute atomic E-state index is 13.1. The van der Waals surface area contributed by atoms with Crippen molar-refractivity contribution in [3.8, 4) is 5.75 Å². The number of carbonyl (C=O) groups is 2. The number of methoxy groups -OCH3 is 1. The largest absolute Gasteiger partial charge is 0.496 e. The van der Waals surface area contributed by atoms with Crippen molar-refractivity contribution in [3.05, 3.63) is 64.9 Å². The lowest BCUT2D eigenvalue weighted by Gasteiger charge is -2.25. The predicted octanol–water partition coefficient (Wildman–Crippen LogP) is 2.59. The molecule has 0 radical (unpaired) electrons. The molecule has 0 saturated carbocycles. The number of aryl methyl sites for hydroxylation is 2. The van der Waals surface area contributed by atoms with Gasteiger partial charge in [-0.05, 0) is 25.8 Å². The zero-order valence-corrected chi connectivity index (χ0v) is 19.0. The number of likely N-dealkylation sites (tertiary alicyclic amines) is 1. The molecule has 1 atom stereocenters. The van der Waals surface area contributed by atoms with Crippen molar-refractivity contribution in [2.24, 2.45) is 7.05 Å². The molecule has 1 saturated heterocycles.